The number of rotatable bonds is 7. The number of methoxy groups -OCH3 is 1. The highest BCUT2D eigenvalue weighted by atomic mass is 16.5. The van der Waals surface area contributed by atoms with E-state index in [9.17, 15) is 5.11 Å². The zero-order valence-corrected chi connectivity index (χ0v) is 18.6. The van der Waals surface area contributed by atoms with Gasteiger partial charge >= 0.3 is 0 Å². The van der Waals surface area contributed by atoms with E-state index in [-0.39, 0.29) is 6.61 Å². The third kappa shape index (κ3) is 5.61. The van der Waals surface area contributed by atoms with Crippen LogP contribution in [-0.4, -0.2) is 58.5 Å². The molecule has 1 aromatic carbocycles. The molecule has 2 aromatic heterocycles. The summed E-state index contributed by atoms with van der Waals surface area (Å²) in [5.74, 6) is 8.10. The van der Waals surface area contributed by atoms with E-state index in [0.717, 1.165) is 62.1 Å². The number of ether oxygens (including phenoxy) is 1. The van der Waals surface area contributed by atoms with Crippen LogP contribution in [0.3, 0.4) is 0 Å². The molecule has 6 heteroatoms. The molecule has 1 aliphatic heterocycles. The minimum absolute atomic E-state index is 0.234. The lowest BCUT2D eigenvalue weighted by Crippen LogP contribution is -2.42. The largest absolute Gasteiger partial charge is 0.497 e. The zero-order chi connectivity index (χ0) is 22.2. The molecule has 3 heterocycles. The molecule has 2 atom stereocenters. The Labute approximate surface area is 189 Å². The fraction of sp³-hybridized carbons (Fsp3) is 0.423. The summed E-state index contributed by atoms with van der Waals surface area (Å²) in [6.45, 7) is 2.88. The number of aliphatic hydroxyl groups is 1. The zero-order valence-electron chi connectivity index (χ0n) is 18.6. The van der Waals surface area contributed by atoms with Crippen LogP contribution in [0.15, 0.2) is 48.9 Å². The van der Waals surface area contributed by atoms with Gasteiger partial charge in [0.1, 0.15) is 5.75 Å². The van der Waals surface area contributed by atoms with Crippen molar-refractivity contribution in [2.45, 2.75) is 25.7 Å². The highest BCUT2D eigenvalue weighted by Crippen LogP contribution is 2.29. The van der Waals surface area contributed by atoms with Gasteiger partial charge in [0.15, 0.2) is 0 Å². The number of pyridine rings is 1. The average Bonchev–Trinajstić information content (AvgIpc) is 2.85. The van der Waals surface area contributed by atoms with E-state index in [1.807, 2.05) is 24.4 Å². The Balaban J connectivity index is 1.30. The monoisotopic (exact) mass is 430 g/mol. The van der Waals surface area contributed by atoms with E-state index >= 15 is 0 Å². The van der Waals surface area contributed by atoms with Crippen LogP contribution in [0.5, 0.6) is 5.75 Å². The predicted octanol–water partition coefficient (Wildman–Crippen LogP) is 3.34. The fourth-order valence-electron chi connectivity index (χ4n) is 4.59. The number of likely N-dealkylation sites (tertiary alicyclic amines) is 1. The SMILES string of the molecule is COc1ccc2nccc(CCC[C@@H]3CCN(CC#Cc4ccnnc4)C[C@@H]3CO)c2c1. The molecule has 0 radical (unpaired) electrons. The van der Waals surface area contributed by atoms with Gasteiger partial charge in [-0.15, -0.1) is 0 Å². The number of aliphatic hydroxyl groups excluding tert-OH is 1. The number of piperidine rings is 1. The molecule has 1 aliphatic rings. The number of nitrogens with zero attached hydrogens (tertiary/aromatic N) is 4. The summed E-state index contributed by atoms with van der Waals surface area (Å²) in [4.78, 5) is 6.83. The molecule has 0 bridgehead atoms. The van der Waals surface area contributed by atoms with Crippen LogP contribution >= 0.6 is 0 Å². The Kier molecular flexibility index (Phi) is 7.65. The van der Waals surface area contributed by atoms with E-state index in [1.165, 1.54) is 10.9 Å². The van der Waals surface area contributed by atoms with Crippen LogP contribution in [0.4, 0.5) is 0 Å². The highest BCUT2D eigenvalue weighted by Gasteiger charge is 2.28. The van der Waals surface area contributed by atoms with Crippen molar-refractivity contribution in [3.8, 4) is 17.6 Å². The van der Waals surface area contributed by atoms with Gasteiger partial charge in [0, 0.05) is 30.3 Å². The van der Waals surface area contributed by atoms with Crippen LogP contribution in [0, 0.1) is 23.7 Å². The van der Waals surface area contributed by atoms with Crippen LogP contribution < -0.4 is 4.74 Å². The molecule has 32 heavy (non-hydrogen) atoms. The molecule has 0 spiro atoms. The summed E-state index contributed by atoms with van der Waals surface area (Å²) >= 11 is 0. The maximum Gasteiger partial charge on any atom is 0.119 e. The standard InChI is InChI=1S/C26H30N4O2/c1-32-24-7-8-26-25(16-24)22(10-12-27-26)6-2-5-21-11-15-30(18-23(21)19-31)14-3-4-20-9-13-28-29-17-20/h7-10,12-13,16-17,21,23,31H,2,5-6,11,14-15,18-19H2,1H3/t21-,23-/m1/s1. The molecule has 3 aromatic rings. The molecule has 0 unspecified atom stereocenters. The summed E-state index contributed by atoms with van der Waals surface area (Å²) < 4.78 is 5.39. The number of aryl methyl sites for hydroxylation is 1. The number of benzene rings is 1. The first-order valence-electron chi connectivity index (χ1n) is 11.3. The van der Waals surface area contributed by atoms with Gasteiger partial charge < -0.3 is 9.84 Å². The molecule has 6 nitrogen and oxygen atoms in total. The van der Waals surface area contributed by atoms with Crippen molar-refractivity contribution in [3.05, 3.63) is 60.0 Å². The molecule has 1 fully saturated rings. The predicted molar refractivity (Wildman–Crippen MR) is 125 cm³/mol. The van der Waals surface area contributed by atoms with Crippen molar-refractivity contribution in [1.82, 2.24) is 20.1 Å². The van der Waals surface area contributed by atoms with Crippen molar-refractivity contribution < 1.29 is 9.84 Å². The molecular weight excluding hydrogens is 400 g/mol. The maximum absolute atomic E-state index is 10.00. The molecule has 166 valence electrons. The second-order valence-corrected chi connectivity index (χ2v) is 8.40. The van der Waals surface area contributed by atoms with Crippen molar-refractivity contribution in [1.29, 1.82) is 0 Å². The van der Waals surface area contributed by atoms with E-state index in [2.05, 4.69) is 44.1 Å². The Hall–Kier alpha value is -3.01. The third-order valence-corrected chi connectivity index (χ3v) is 6.39. The topological polar surface area (TPSA) is 71.4 Å². The van der Waals surface area contributed by atoms with E-state index in [4.69, 9.17) is 4.74 Å². The van der Waals surface area contributed by atoms with Gasteiger partial charge in [0.25, 0.3) is 0 Å². The van der Waals surface area contributed by atoms with Crippen LogP contribution in [0.2, 0.25) is 0 Å². The number of fused-ring (bicyclic) bond motifs is 1. The van der Waals surface area contributed by atoms with Crippen LogP contribution in [-0.2, 0) is 6.42 Å². The molecule has 0 saturated carbocycles. The van der Waals surface area contributed by atoms with Crippen molar-refractivity contribution in [2.75, 3.05) is 33.4 Å². The van der Waals surface area contributed by atoms with Crippen molar-refractivity contribution in [3.63, 3.8) is 0 Å². The summed E-state index contributed by atoms with van der Waals surface area (Å²) in [6.07, 6.45) is 9.57. The Bertz CT molecular complexity index is 1080. The van der Waals surface area contributed by atoms with Gasteiger partial charge in [-0.1, -0.05) is 11.8 Å². The maximum atomic E-state index is 10.00. The van der Waals surface area contributed by atoms with E-state index in [1.54, 1.807) is 19.5 Å². The minimum atomic E-state index is 0.234. The van der Waals surface area contributed by atoms with Gasteiger partial charge in [0.05, 0.1) is 31.6 Å². The van der Waals surface area contributed by atoms with Gasteiger partial charge in [-0.25, -0.2) is 0 Å². The quantitative estimate of drug-likeness (QED) is 0.580. The third-order valence-electron chi connectivity index (χ3n) is 6.39. The van der Waals surface area contributed by atoms with Gasteiger partial charge in [-0.3, -0.25) is 9.88 Å². The first-order valence-corrected chi connectivity index (χ1v) is 11.3. The normalized spacial score (nSPS) is 18.8. The molecule has 0 aliphatic carbocycles. The Morgan fingerprint density at radius 1 is 1.16 bits per heavy atom. The Morgan fingerprint density at radius 2 is 2.09 bits per heavy atom. The number of aromatic nitrogens is 3. The van der Waals surface area contributed by atoms with Crippen molar-refractivity contribution in [2.24, 2.45) is 11.8 Å². The number of hydrogen-bond donors (Lipinski definition) is 1. The second-order valence-electron chi connectivity index (χ2n) is 8.40. The van der Waals surface area contributed by atoms with Gasteiger partial charge in [-0.2, -0.15) is 10.2 Å². The molecular formula is C26H30N4O2. The first-order chi connectivity index (χ1) is 15.8. The summed E-state index contributed by atoms with van der Waals surface area (Å²) in [7, 11) is 1.69. The lowest BCUT2D eigenvalue weighted by molar-refractivity contribution is 0.0748. The summed E-state index contributed by atoms with van der Waals surface area (Å²) in [6, 6.07) is 10.0. The summed E-state index contributed by atoms with van der Waals surface area (Å²) in [5.41, 5.74) is 3.20. The summed E-state index contributed by atoms with van der Waals surface area (Å²) in [5, 5.41) is 18.8. The molecule has 4 rings (SSSR count). The average molecular weight is 431 g/mol. The smallest absolute Gasteiger partial charge is 0.119 e. The molecule has 0 amide bonds. The molecule has 1 saturated heterocycles. The fourth-order valence-corrected chi connectivity index (χ4v) is 4.59. The van der Waals surface area contributed by atoms with Gasteiger partial charge in [-0.05, 0) is 80.0 Å². The second kappa shape index (κ2) is 11.0. The lowest BCUT2D eigenvalue weighted by atomic mass is 9.82. The first kappa shape index (κ1) is 22.2. The van der Waals surface area contributed by atoms with E-state index in [0.29, 0.717) is 11.8 Å². The van der Waals surface area contributed by atoms with Crippen LogP contribution in [0.1, 0.15) is 30.4 Å². The van der Waals surface area contributed by atoms with Crippen LogP contribution in [0.25, 0.3) is 10.9 Å². The minimum Gasteiger partial charge on any atom is -0.497 e. The van der Waals surface area contributed by atoms with Gasteiger partial charge in [0.2, 0.25) is 0 Å². The molecule has 1 N–H and O–H groups in total. The number of hydrogen-bond acceptors (Lipinski definition) is 6. The highest BCUT2D eigenvalue weighted by molar-refractivity contribution is 5.83. The Morgan fingerprint density at radius 3 is 2.91 bits per heavy atom. The van der Waals surface area contributed by atoms with E-state index < -0.39 is 0 Å². The lowest BCUT2D eigenvalue weighted by Gasteiger charge is -2.37. The van der Waals surface area contributed by atoms with Crippen molar-refractivity contribution >= 4 is 10.9 Å².